The predicted molar refractivity (Wildman–Crippen MR) is 105 cm³/mol. The molecule has 1 atom stereocenters. The molecule has 1 aromatic heterocycles. The maximum atomic E-state index is 12.6. The number of benzene rings is 2. The summed E-state index contributed by atoms with van der Waals surface area (Å²) in [6.45, 7) is 4.07. The second kappa shape index (κ2) is 7.03. The minimum Gasteiger partial charge on any atom is -0.456 e. The molecule has 0 N–H and O–H groups in total. The monoisotopic (exact) mass is 371 g/mol. The highest BCUT2D eigenvalue weighted by molar-refractivity contribution is 5.89. The lowest BCUT2D eigenvalue weighted by Gasteiger charge is -2.44. The van der Waals surface area contributed by atoms with Gasteiger partial charge in [0.25, 0.3) is 0 Å². The van der Waals surface area contributed by atoms with E-state index < -0.39 is 0 Å². The smallest absolute Gasteiger partial charge is 0.200 e. The van der Waals surface area contributed by atoms with Gasteiger partial charge in [0.15, 0.2) is 0 Å². The molecule has 3 fully saturated rings. The predicted octanol–water partition coefficient (Wildman–Crippen LogP) is 3.98. The number of halogens is 1. The summed E-state index contributed by atoms with van der Waals surface area (Å²) < 4.78 is 12.2. The van der Waals surface area contributed by atoms with Crippen LogP contribution in [0.3, 0.4) is 0 Å². The van der Waals surface area contributed by atoms with Gasteiger partial charge in [-0.25, -0.2) is 0 Å². The van der Waals surface area contributed by atoms with E-state index in [0.29, 0.717) is 40.6 Å². The zero-order chi connectivity index (χ0) is 16.8. The molecule has 0 saturated carbocycles. The number of hydrogen-bond donors (Lipinski definition) is 0. The summed E-state index contributed by atoms with van der Waals surface area (Å²) in [6.07, 6.45) is 2.84. The highest BCUT2D eigenvalue weighted by atomic mass is 35.5. The Bertz CT molecular complexity index is 991. The number of para-hydroxylation sites is 1. The SMILES string of the molecule is Cl.O=c1c2ccccc2oc2cc(COC3CN4CCC3CC4)ccc12. The van der Waals surface area contributed by atoms with Crippen molar-refractivity contribution < 1.29 is 9.15 Å². The first kappa shape index (κ1) is 17.5. The third kappa shape index (κ3) is 3.02. The van der Waals surface area contributed by atoms with Crippen molar-refractivity contribution in [2.24, 2.45) is 5.92 Å². The van der Waals surface area contributed by atoms with Crippen molar-refractivity contribution in [3.63, 3.8) is 0 Å². The van der Waals surface area contributed by atoms with Gasteiger partial charge in [-0.05, 0) is 61.7 Å². The van der Waals surface area contributed by atoms with E-state index in [1.54, 1.807) is 0 Å². The van der Waals surface area contributed by atoms with E-state index in [2.05, 4.69) is 4.90 Å². The quantitative estimate of drug-likeness (QED) is 0.653. The maximum Gasteiger partial charge on any atom is 0.200 e. The van der Waals surface area contributed by atoms with Crippen LogP contribution in [0.5, 0.6) is 0 Å². The minimum atomic E-state index is 0. The zero-order valence-electron chi connectivity index (χ0n) is 14.5. The van der Waals surface area contributed by atoms with Crippen molar-refractivity contribution >= 4 is 34.3 Å². The molecule has 136 valence electrons. The fraction of sp³-hybridized carbons (Fsp3) is 0.381. The van der Waals surface area contributed by atoms with E-state index in [1.165, 1.54) is 25.9 Å². The molecule has 3 aliphatic rings. The van der Waals surface area contributed by atoms with Crippen LogP contribution in [0.25, 0.3) is 21.9 Å². The largest absolute Gasteiger partial charge is 0.456 e. The van der Waals surface area contributed by atoms with E-state index in [9.17, 15) is 4.79 Å². The molecule has 0 aliphatic carbocycles. The Morgan fingerprint density at radius 2 is 1.81 bits per heavy atom. The van der Waals surface area contributed by atoms with Crippen LogP contribution in [0.1, 0.15) is 18.4 Å². The van der Waals surface area contributed by atoms with Gasteiger partial charge in [0.2, 0.25) is 5.43 Å². The van der Waals surface area contributed by atoms with Crippen LogP contribution in [-0.4, -0.2) is 30.6 Å². The zero-order valence-corrected chi connectivity index (χ0v) is 15.3. The van der Waals surface area contributed by atoms with Gasteiger partial charge in [0.05, 0.1) is 23.5 Å². The first-order valence-electron chi connectivity index (χ1n) is 9.06. The summed E-state index contributed by atoms with van der Waals surface area (Å²) in [4.78, 5) is 15.1. The van der Waals surface area contributed by atoms with Crippen molar-refractivity contribution in [3.05, 3.63) is 58.3 Å². The van der Waals surface area contributed by atoms with Crippen molar-refractivity contribution in [1.82, 2.24) is 4.90 Å². The van der Waals surface area contributed by atoms with E-state index in [-0.39, 0.29) is 17.8 Å². The molecule has 5 heteroatoms. The van der Waals surface area contributed by atoms with Crippen molar-refractivity contribution in [2.75, 3.05) is 19.6 Å². The van der Waals surface area contributed by atoms with E-state index >= 15 is 0 Å². The van der Waals surface area contributed by atoms with Crippen LogP contribution in [0.4, 0.5) is 0 Å². The molecule has 0 amide bonds. The standard InChI is InChI=1S/C21H21NO3.ClH/c23-21-16-3-1-2-4-18(16)25-19-11-14(5-6-17(19)21)13-24-20-12-22-9-7-15(20)8-10-22;/h1-6,11,15,20H,7-10,12-13H2;1H. The Kier molecular flexibility index (Phi) is 4.74. The molecule has 3 aliphatic heterocycles. The van der Waals surface area contributed by atoms with Crippen LogP contribution >= 0.6 is 12.4 Å². The third-order valence-corrected chi connectivity index (χ3v) is 5.70. The Hall–Kier alpha value is -1.88. The molecule has 4 nitrogen and oxygen atoms in total. The number of piperidine rings is 3. The average Bonchev–Trinajstić information content (AvgIpc) is 2.67. The van der Waals surface area contributed by atoms with Crippen molar-refractivity contribution in [3.8, 4) is 0 Å². The van der Waals surface area contributed by atoms with Gasteiger partial charge in [-0.15, -0.1) is 12.4 Å². The number of fused-ring (bicyclic) bond motifs is 5. The lowest BCUT2D eigenvalue weighted by Crippen LogP contribution is -2.51. The lowest BCUT2D eigenvalue weighted by molar-refractivity contribution is -0.0765. The van der Waals surface area contributed by atoms with Crippen LogP contribution in [-0.2, 0) is 11.3 Å². The Labute approximate surface area is 158 Å². The van der Waals surface area contributed by atoms with Gasteiger partial charge < -0.3 is 14.1 Å². The summed E-state index contributed by atoms with van der Waals surface area (Å²) in [7, 11) is 0. The summed E-state index contributed by atoms with van der Waals surface area (Å²) in [5.74, 6) is 0.701. The van der Waals surface area contributed by atoms with E-state index in [4.69, 9.17) is 9.15 Å². The fourth-order valence-electron chi connectivity index (χ4n) is 4.24. The molecule has 0 radical (unpaired) electrons. The van der Waals surface area contributed by atoms with Gasteiger partial charge in [-0.2, -0.15) is 0 Å². The summed E-state index contributed by atoms with van der Waals surface area (Å²) in [6, 6.07) is 13.2. The molecular formula is C21H22ClNO3. The number of ether oxygens (including phenoxy) is 1. The second-order valence-corrected chi connectivity index (χ2v) is 7.25. The van der Waals surface area contributed by atoms with E-state index in [0.717, 1.165) is 12.1 Å². The second-order valence-electron chi connectivity index (χ2n) is 7.25. The summed E-state index contributed by atoms with van der Waals surface area (Å²) in [5.41, 5.74) is 2.36. The van der Waals surface area contributed by atoms with Crippen molar-refractivity contribution in [2.45, 2.75) is 25.6 Å². The lowest BCUT2D eigenvalue weighted by atomic mass is 9.86. The van der Waals surface area contributed by atoms with Crippen LogP contribution in [0, 0.1) is 5.92 Å². The van der Waals surface area contributed by atoms with Gasteiger partial charge in [0.1, 0.15) is 11.2 Å². The minimum absolute atomic E-state index is 0. The third-order valence-electron chi connectivity index (χ3n) is 5.70. The van der Waals surface area contributed by atoms with Crippen LogP contribution in [0.2, 0.25) is 0 Å². The molecule has 1 unspecified atom stereocenters. The average molecular weight is 372 g/mol. The molecule has 3 saturated heterocycles. The Balaban J connectivity index is 0.00000168. The number of rotatable bonds is 3. The first-order chi connectivity index (χ1) is 12.3. The van der Waals surface area contributed by atoms with Gasteiger partial charge in [0, 0.05) is 6.54 Å². The number of nitrogens with zero attached hydrogens (tertiary/aromatic N) is 1. The first-order valence-corrected chi connectivity index (χ1v) is 9.06. The molecule has 3 aromatic rings. The molecular weight excluding hydrogens is 350 g/mol. The Morgan fingerprint density at radius 1 is 1.04 bits per heavy atom. The number of hydrogen-bond acceptors (Lipinski definition) is 4. The van der Waals surface area contributed by atoms with Gasteiger partial charge >= 0.3 is 0 Å². The molecule has 26 heavy (non-hydrogen) atoms. The molecule has 4 heterocycles. The van der Waals surface area contributed by atoms with E-state index in [1.807, 2.05) is 42.5 Å². The van der Waals surface area contributed by atoms with Crippen molar-refractivity contribution in [1.29, 1.82) is 0 Å². The van der Waals surface area contributed by atoms with Crippen LogP contribution in [0.15, 0.2) is 51.7 Å². The summed E-state index contributed by atoms with van der Waals surface area (Å²) in [5, 5.41) is 1.26. The molecule has 6 rings (SSSR count). The molecule has 2 aromatic carbocycles. The Morgan fingerprint density at radius 3 is 2.58 bits per heavy atom. The summed E-state index contributed by atoms with van der Waals surface area (Å²) >= 11 is 0. The van der Waals surface area contributed by atoms with Gasteiger partial charge in [-0.1, -0.05) is 18.2 Å². The maximum absolute atomic E-state index is 12.6. The topological polar surface area (TPSA) is 42.7 Å². The fourth-order valence-corrected chi connectivity index (χ4v) is 4.24. The highest BCUT2D eigenvalue weighted by Crippen LogP contribution is 2.30. The molecule has 0 spiro atoms. The van der Waals surface area contributed by atoms with Crippen LogP contribution < -0.4 is 5.43 Å². The molecule has 2 bridgehead atoms. The van der Waals surface area contributed by atoms with Gasteiger partial charge in [-0.3, -0.25) is 4.79 Å². The normalized spacial score (nSPS) is 24.7. The highest BCUT2D eigenvalue weighted by Gasteiger charge is 2.34.